The highest BCUT2D eigenvalue weighted by Gasteiger charge is 2.27. The number of nitrogens with zero attached hydrogens (tertiary/aromatic N) is 6. The van der Waals surface area contributed by atoms with Gasteiger partial charge in [-0.05, 0) is 75.6 Å². The Balaban J connectivity index is 1.38. The predicted molar refractivity (Wildman–Crippen MR) is 165 cm³/mol. The van der Waals surface area contributed by atoms with Crippen molar-refractivity contribution in [2.24, 2.45) is 0 Å². The van der Waals surface area contributed by atoms with Crippen molar-refractivity contribution < 1.29 is 22.3 Å². The van der Waals surface area contributed by atoms with Crippen molar-refractivity contribution in [1.29, 1.82) is 0 Å². The summed E-state index contributed by atoms with van der Waals surface area (Å²) < 4.78 is 52.8. The number of morpholine rings is 1. The molecule has 11 nitrogen and oxygen atoms in total. The van der Waals surface area contributed by atoms with Gasteiger partial charge in [0.15, 0.2) is 0 Å². The van der Waals surface area contributed by atoms with E-state index in [-0.39, 0.29) is 17.4 Å². The summed E-state index contributed by atoms with van der Waals surface area (Å²) in [6.07, 6.45) is 8.76. The Labute approximate surface area is 252 Å². The first kappa shape index (κ1) is 29.9. The van der Waals surface area contributed by atoms with Crippen molar-refractivity contribution >= 4 is 32.6 Å². The van der Waals surface area contributed by atoms with E-state index < -0.39 is 10.0 Å². The number of hydrogen-bond acceptors (Lipinski definition) is 10. The highest BCUT2D eigenvalue weighted by atomic mass is 32.2. The van der Waals surface area contributed by atoms with Crippen LogP contribution in [0.15, 0.2) is 24.4 Å². The van der Waals surface area contributed by atoms with Gasteiger partial charge >= 0.3 is 0 Å². The number of methoxy groups -OCH3 is 1. The second-order valence-electron chi connectivity index (χ2n) is 11.7. The van der Waals surface area contributed by atoms with Crippen LogP contribution in [-0.4, -0.2) is 105 Å². The Morgan fingerprint density at radius 3 is 2.47 bits per heavy atom. The van der Waals surface area contributed by atoms with Crippen LogP contribution < -0.4 is 14.4 Å². The number of anilines is 2. The molecule has 3 aromatic rings. The Bertz CT molecular complexity index is 1550. The molecular weight excluding hydrogens is 573 g/mol. The largest absolute Gasteiger partial charge is 0.480 e. The zero-order valence-corrected chi connectivity index (χ0v) is 25.7. The third-order valence-corrected chi connectivity index (χ3v) is 9.19. The molecule has 5 heterocycles. The lowest BCUT2D eigenvalue weighted by atomic mass is 9.99. The van der Waals surface area contributed by atoms with Gasteiger partial charge in [0.25, 0.3) is 0 Å². The Hall–Kier alpha value is -3.13. The summed E-state index contributed by atoms with van der Waals surface area (Å²) in [7, 11) is -2.19. The zero-order chi connectivity index (χ0) is 30.0. The molecule has 232 valence electrons. The number of aromatic nitrogens is 3. The van der Waals surface area contributed by atoms with Gasteiger partial charge in [-0.1, -0.05) is 6.42 Å². The summed E-state index contributed by atoms with van der Waals surface area (Å²) >= 11 is 0. The molecule has 0 amide bonds. The predicted octanol–water partition coefficient (Wildman–Crippen LogP) is 3.50. The Kier molecular flexibility index (Phi) is 8.94. The minimum absolute atomic E-state index is 0.126. The normalized spacial score (nSPS) is 19.6. The number of ether oxygens (including phenoxy) is 2. The van der Waals surface area contributed by atoms with E-state index in [0.717, 1.165) is 37.8 Å². The van der Waals surface area contributed by atoms with Crippen LogP contribution in [0.2, 0.25) is 0 Å². The average Bonchev–Trinajstić information content (AvgIpc) is 3.01. The maximum absolute atomic E-state index is 15.3. The zero-order valence-electron chi connectivity index (χ0n) is 24.9. The van der Waals surface area contributed by atoms with Crippen LogP contribution in [0.25, 0.3) is 22.2 Å². The fraction of sp³-hybridized carbons (Fsp3) is 0.567. The number of likely N-dealkylation sites (tertiary alicyclic amines) is 2. The van der Waals surface area contributed by atoms with E-state index in [1.807, 2.05) is 0 Å². The SMILES string of the molecule is COc1ncc(-c2nc(N3CCOCC3)nc3c(CN4CCC(N5CCCCC5)CC4)cc(F)cc23)cc1NS(C)(=O)=O. The second kappa shape index (κ2) is 12.8. The fourth-order valence-corrected chi connectivity index (χ4v) is 7.03. The Morgan fingerprint density at radius 2 is 1.77 bits per heavy atom. The average molecular weight is 614 g/mol. The molecule has 0 spiro atoms. The molecule has 0 radical (unpaired) electrons. The smallest absolute Gasteiger partial charge is 0.238 e. The van der Waals surface area contributed by atoms with Crippen molar-refractivity contribution in [2.75, 3.05) is 75.5 Å². The number of pyridine rings is 1. The summed E-state index contributed by atoms with van der Waals surface area (Å²) in [5.41, 5.74) is 2.66. The van der Waals surface area contributed by atoms with Crippen molar-refractivity contribution in [3.63, 3.8) is 0 Å². The molecule has 0 unspecified atom stereocenters. The van der Waals surface area contributed by atoms with Gasteiger partial charge in [0, 0.05) is 42.8 Å². The summed E-state index contributed by atoms with van der Waals surface area (Å²) in [5.74, 6) is 0.280. The molecule has 2 aromatic heterocycles. The standard InChI is InChI=1S/C30H40FN7O4S/c1-41-29-26(35-43(2,39)40)17-21(19-32-29)27-25-18-23(31)16-22(28(25)34-30(33-27)38-12-14-42-15-13-38)20-36-10-6-24(7-11-36)37-8-4-3-5-9-37/h16-19,24,35H,3-15,20H2,1-2H3. The molecule has 0 saturated carbocycles. The van der Waals surface area contributed by atoms with Gasteiger partial charge in [-0.15, -0.1) is 0 Å². The molecule has 6 rings (SSSR count). The van der Waals surface area contributed by atoms with Crippen molar-refractivity contribution in [3.05, 3.63) is 35.8 Å². The van der Waals surface area contributed by atoms with E-state index in [4.69, 9.17) is 19.4 Å². The molecular formula is C30H40FN7O4S. The second-order valence-corrected chi connectivity index (χ2v) is 13.4. The fourth-order valence-electron chi connectivity index (χ4n) is 6.48. The number of piperidine rings is 2. The van der Waals surface area contributed by atoms with Crippen LogP contribution in [0.4, 0.5) is 16.0 Å². The maximum atomic E-state index is 15.3. The summed E-state index contributed by atoms with van der Waals surface area (Å²) in [5, 5.41) is 0.549. The third-order valence-electron chi connectivity index (χ3n) is 8.60. The number of fused-ring (bicyclic) bond motifs is 1. The van der Waals surface area contributed by atoms with Crippen molar-refractivity contribution in [3.8, 4) is 17.1 Å². The van der Waals surface area contributed by atoms with Crippen LogP contribution in [0.3, 0.4) is 0 Å². The van der Waals surface area contributed by atoms with Gasteiger partial charge < -0.3 is 19.3 Å². The highest BCUT2D eigenvalue weighted by Crippen LogP contribution is 2.35. The van der Waals surface area contributed by atoms with E-state index in [9.17, 15) is 8.42 Å². The number of rotatable bonds is 8. The van der Waals surface area contributed by atoms with Gasteiger partial charge in [-0.3, -0.25) is 9.62 Å². The van der Waals surface area contributed by atoms with Gasteiger partial charge in [0.1, 0.15) is 11.5 Å². The first-order valence-electron chi connectivity index (χ1n) is 15.1. The molecule has 0 bridgehead atoms. The third kappa shape index (κ3) is 7.00. The molecule has 13 heteroatoms. The molecule has 0 aliphatic carbocycles. The van der Waals surface area contributed by atoms with Gasteiger partial charge in [-0.2, -0.15) is 0 Å². The lowest BCUT2D eigenvalue weighted by Crippen LogP contribution is -2.46. The van der Waals surface area contributed by atoms with Crippen LogP contribution in [-0.2, 0) is 21.3 Å². The molecule has 3 fully saturated rings. The number of halogens is 1. The summed E-state index contributed by atoms with van der Waals surface area (Å²) in [4.78, 5) is 21.3. The van der Waals surface area contributed by atoms with E-state index >= 15 is 4.39 Å². The molecule has 1 N–H and O–H groups in total. The van der Waals surface area contributed by atoms with Gasteiger partial charge in [-0.25, -0.2) is 27.8 Å². The lowest BCUT2D eigenvalue weighted by molar-refractivity contribution is 0.0897. The first-order valence-corrected chi connectivity index (χ1v) is 17.0. The Morgan fingerprint density at radius 1 is 1.02 bits per heavy atom. The topological polar surface area (TPSA) is 113 Å². The lowest BCUT2D eigenvalue weighted by Gasteiger charge is -2.40. The van der Waals surface area contributed by atoms with E-state index in [0.29, 0.717) is 67.0 Å². The number of hydrogen-bond donors (Lipinski definition) is 1. The van der Waals surface area contributed by atoms with Crippen LogP contribution >= 0.6 is 0 Å². The van der Waals surface area contributed by atoms with Crippen molar-refractivity contribution in [2.45, 2.75) is 44.7 Å². The maximum Gasteiger partial charge on any atom is 0.238 e. The van der Waals surface area contributed by atoms with E-state index in [2.05, 4.69) is 24.4 Å². The van der Waals surface area contributed by atoms with E-state index in [1.165, 1.54) is 45.5 Å². The quantitative estimate of drug-likeness (QED) is 0.405. The first-order chi connectivity index (χ1) is 20.8. The van der Waals surface area contributed by atoms with Crippen LogP contribution in [0, 0.1) is 5.82 Å². The van der Waals surface area contributed by atoms with Crippen LogP contribution in [0.1, 0.15) is 37.7 Å². The number of nitrogens with one attached hydrogen (secondary N) is 1. The summed E-state index contributed by atoms with van der Waals surface area (Å²) in [6, 6.07) is 5.28. The van der Waals surface area contributed by atoms with Crippen LogP contribution in [0.5, 0.6) is 5.88 Å². The number of sulfonamides is 1. The minimum Gasteiger partial charge on any atom is -0.480 e. The monoisotopic (exact) mass is 613 g/mol. The molecule has 3 aliphatic heterocycles. The number of benzene rings is 1. The molecule has 1 aromatic carbocycles. The van der Waals surface area contributed by atoms with Gasteiger partial charge in [0.2, 0.25) is 21.9 Å². The van der Waals surface area contributed by atoms with E-state index in [1.54, 1.807) is 18.3 Å². The molecule has 3 saturated heterocycles. The highest BCUT2D eigenvalue weighted by molar-refractivity contribution is 7.92. The molecule has 43 heavy (non-hydrogen) atoms. The summed E-state index contributed by atoms with van der Waals surface area (Å²) in [6.45, 7) is 7.28. The molecule has 0 atom stereocenters. The van der Waals surface area contributed by atoms with Gasteiger partial charge in [0.05, 0.1) is 37.8 Å². The van der Waals surface area contributed by atoms with Crippen molar-refractivity contribution in [1.82, 2.24) is 24.8 Å². The minimum atomic E-state index is -3.61. The molecule has 3 aliphatic rings.